The fourth-order valence-corrected chi connectivity index (χ4v) is 2.42. The molecular formula is C15H18BNO3. The van der Waals surface area contributed by atoms with Gasteiger partial charge in [0.25, 0.3) is 5.56 Å². The molecule has 20 heavy (non-hydrogen) atoms. The summed E-state index contributed by atoms with van der Waals surface area (Å²) in [7, 11) is 1.43. The van der Waals surface area contributed by atoms with Crippen molar-refractivity contribution in [3.63, 3.8) is 0 Å². The van der Waals surface area contributed by atoms with Crippen molar-refractivity contribution in [2.24, 2.45) is 12.5 Å². The van der Waals surface area contributed by atoms with Crippen molar-refractivity contribution in [2.75, 3.05) is 13.2 Å². The largest absolute Gasteiger partial charge is 0.493 e. The summed E-state index contributed by atoms with van der Waals surface area (Å²) in [6.45, 7) is 5.58. The number of benzene rings is 1. The van der Waals surface area contributed by atoms with Gasteiger partial charge in [0.15, 0.2) is 0 Å². The average Bonchev–Trinajstić information content (AvgIpc) is 2.43. The number of aromatic nitrogens is 1. The molecule has 0 spiro atoms. The molecule has 0 aliphatic carbocycles. The van der Waals surface area contributed by atoms with Gasteiger partial charge in [-0.25, -0.2) is 0 Å². The van der Waals surface area contributed by atoms with Gasteiger partial charge in [-0.3, -0.25) is 4.79 Å². The van der Waals surface area contributed by atoms with Gasteiger partial charge in [0.2, 0.25) is 0 Å². The maximum absolute atomic E-state index is 11.7. The first kappa shape index (κ1) is 13.4. The number of pyridine rings is 1. The van der Waals surface area contributed by atoms with E-state index in [0.29, 0.717) is 13.2 Å². The van der Waals surface area contributed by atoms with E-state index in [-0.39, 0.29) is 18.1 Å². The van der Waals surface area contributed by atoms with Crippen molar-refractivity contribution in [3.8, 4) is 0 Å². The summed E-state index contributed by atoms with van der Waals surface area (Å²) in [5, 5.41) is 1.03. The zero-order valence-electron chi connectivity index (χ0n) is 12.1. The summed E-state index contributed by atoms with van der Waals surface area (Å²) in [5.74, 6) is 0. The predicted octanol–water partition coefficient (Wildman–Crippen LogP) is 1.31. The van der Waals surface area contributed by atoms with E-state index in [1.165, 1.54) is 0 Å². The summed E-state index contributed by atoms with van der Waals surface area (Å²) in [6, 6.07) is 9.39. The number of aryl methyl sites for hydroxylation is 1. The van der Waals surface area contributed by atoms with E-state index in [1.807, 2.05) is 24.3 Å². The lowest BCUT2D eigenvalue weighted by Crippen LogP contribution is -2.47. The van der Waals surface area contributed by atoms with Crippen LogP contribution in [0.3, 0.4) is 0 Å². The van der Waals surface area contributed by atoms with E-state index in [4.69, 9.17) is 9.31 Å². The van der Waals surface area contributed by atoms with Crippen molar-refractivity contribution in [2.45, 2.75) is 13.8 Å². The molecule has 1 aromatic carbocycles. The zero-order chi connectivity index (χ0) is 14.3. The lowest BCUT2D eigenvalue weighted by Gasteiger charge is -2.33. The highest BCUT2D eigenvalue weighted by molar-refractivity contribution is 6.61. The molecule has 1 aromatic heterocycles. The summed E-state index contributed by atoms with van der Waals surface area (Å²) in [4.78, 5) is 11.7. The molecule has 0 bridgehead atoms. The summed E-state index contributed by atoms with van der Waals surface area (Å²) >= 11 is 0. The number of hydrogen-bond donors (Lipinski definition) is 0. The van der Waals surface area contributed by atoms with Crippen LogP contribution >= 0.6 is 0 Å². The Morgan fingerprint density at radius 1 is 1.15 bits per heavy atom. The Morgan fingerprint density at radius 3 is 2.50 bits per heavy atom. The lowest BCUT2D eigenvalue weighted by atomic mass is 9.75. The van der Waals surface area contributed by atoms with Crippen LogP contribution in [0.15, 0.2) is 35.1 Å². The molecule has 4 nitrogen and oxygen atoms in total. The molecule has 2 aromatic rings. The van der Waals surface area contributed by atoms with E-state index in [1.54, 1.807) is 17.7 Å². The first-order valence-corrected chi connectivity index (χ1v) is 6.79. The van der Waals surface area contributed by atoms with E-state index < -0.39 is 0 Å². The van der Waals surface area contributed by atoms with Crippen LogP contribution in [0.2, 0.25) is 0 Å². The van der Waals surface area contributed by atoms with Gasteiger partial charge in [-0.05, 0) is 23.0 Å². The molecule has 2 heterocycles. The Hall–Kier alpha value is -1.59. The van der Waals surface area contributed by atoms with Crippen LogP contribution in [-0.4, -0.2) is 24.9 Å². The molecule has 3 rings (SSSR count). The third-order valence-electron chi connectivity index (χ3n) is 3.67. The molecule has 0 saturated carbocycles. The maximum atomic E-state index is 11.7. The van der Waals surface area contributed by atoms with Crippen LogP contribution in [0.1, 0.15) is 13.8 Å². The average molecular weight is 271 g/mol. The molecule has 0 unspecified atom stereocenters. The third kappa shape index (κ3) is 2.39. The first-order valence-electron chi connectivity index (χ1n) is 6.79. The van der Waals surface area contributed by atoms with Gasteiger partial charge in [-0.2, -0.15) is 0 Å². The highest BCUT2D eigenvalue weighted by Crippen LogP contribution is 2.21. The third-order valence-corrected chi connectivity index (χ3v) is 3.67. The first-order chi connectivity index (χ1) is 9.46. The highest BCUT2D eigenvalue weighted by atomic mass is 16.6. The number of rotatable bonds is 1. The Bertz CT molecular complexity index is 698. The van der Waals surface area contributed by atoms with Gasteiger partial charge in [0.1, 0.15) is 0 Å². The van der Waals surface area contributed by atoms with Gasteiger partial charge >= 0.3 is 7.12 Å². The van der Waals surface area contributed by atoms with Crippen molar-refractivity contribution >= 4 is 23.5 Å². The van der Waals surface area contributed by atoms with E-state index in [9.17, 15) is 4.79 Å². The van der Waals surface area contributed by atoms with E-state index in [2.05, 4.69) is 13.8 Å². The van der Waals surface area contributed by atoms with Gasteiger partial charge in [0.05, 0.1) is 5.52 Å². The molecule has 0 radical (unpaired) electrons. The van der Waals surface area contributed by atoms with Crippen LogP contribution in [-0.2, 0) is 16.4 Å². The van der Waals surface area contributed by atoms with Gasteiger partial charge in [-0.15, -0.1) is 0 Å². The molecule has 0 N–H and O–H groups in total. The SMILES string of the molecule is Cn1c(=O)ccc2ccc(B3OCC(C)(C)CO3)cc21. The minimum Gasteiger partial charge on any atom is -0.407 e. The fourth-order valence-electron chi connectivity index (χ4n) is 2.42. The van der Waals surface area contributed by atoms with Crippen LogP contribution in [0.25, 0.3) is 10.9 Å². The summed E-state index contributed by atoms with van der Waals surface area (Å²) < 4.78 is 13.2. The van der Waals surface area contributed by atoms with Crippen LogP contribution < -0.4 is 11.0 Å². The Labute approximate surface area is 118 Å². The molecule has 1 aliphatic rings. The monoisotopic (exact) mass is 271 g/mol. The maximum Gasteiger partial charge on any atom is 0.493 e. The molecule has 5 heteroatoms. The molecule has 1 fully saturated rings. The minimum absolute atomic E-state index is 0.0127. The lowest BCUT2D eigenvalue weighted by molar-refractivity contribution is 0.0343. The van der Waals surface area contributed by atoms with Crippen molar-refractivity contribution in [3.05, 3.63) is 40.7 Å². The topological polar surface area (TPSA) is 40.5 Å². The smallest absolute Gasteiger partial charge is 0.407 e. The normalized spacial score (nSPS) is 18.4. The number of nitrogens with zero attached hydrogens (tertiary/aromatic N) is 1. The molecule has 1 saturated heterocycles. The molecule has 0 amide bonds. The summed E-state index contributed by atoms with van der Waals surface area (Å²) in [6.07, 6.45) is 0. The Balaban J connectivity index is 1.97. The van der Waals surface area contributed by atoms with E-state index >= 15 is 0 Å². The molecule has 104 valence electrons. The second-order valence-electron chi connectivity index (χ2n) is 6.17. The quantitative estimate of drug-likeness (QED) is 0.734. The Kier molecular flexibility index (Phi) is 3.19. The van der Waals surface area contributed by atoms with Crippen molar-refractivity contribution in [1.29, 1.82) is 0 Å². The van der Waals surface area contributed by atoms with Gasteiger partial charge < -0.3 is 13.9 Å². The fraction of sp³-hybridized carbons (Fsp3) is 0.400. The van der Waals surface area contributed by atoms with Gasteiger partial charge in [0, 0.05) is 31.7 Å². The molecular weight excluding hydrogens is 253 g/mol. The van der Waals surface area contributed by atoms with Crippen LogP contribution in [0, 0.1) is 5.41 Å². The van der Waals surface area contributed by atoms with Crippen molar-refractivity contribution < 1.29 is 9.31 Å². The zero-order valence-corrected chi connectivity index (χ0v) is 12.1. The second-order valence-corrected chi connectivity index (χ2v) is 6.17. The van der Waals surface area contributed by atoms with Crippen LogP contribution in [0.5, 0.6) is 0 Å². The standard InChI is InChI=1S/C15H18BNO3/c1-15(2)9-19-16(20-10-15)12-6-4-11-5-7-14(18)17(3)13(11)8-12/h4-8H,9-10H2,1-3H3. The predicted molar refractivity (Wildman–Crippen MR) is 80.3 cm³/mol. The Morgan fingerprint density at radius 2 is 1.80 bits per heavy atom. The van der Waals surface area contributed by atoms with Crippen LogP contribution in [0.4, 0.5) is 0 Å². The molecule has 1 aliphatic heterocycles. The van der Waals surface area contributed by atoms with Crippen molar-refractivity contribution in [1.82, 2.24) is 4.57 Å². The minimum atomic E-state index is -0.345. The number of fused-ring (bicyclic) bond motifs is 1. The summed E-state index contributed by atoms with van der Waals surface area (Å²) in [5.41, 5.74) is 1.89. The number of hydrogen-bond acceptors (Lipinski definition) is 3. The highest BCUT2D eigenvalue weighted by Gasteiger charge is 2.33. The van der Waals surface area contributed by atoms with Gasteiger partial charge in [-0.1, -0.05) is 26.0 Å². The second kappa shape index (κ2) is 4.75. The molecule has 0 atom stereocenters. The van der Waals surface area contributed by atoms with E-state index in [0.717, 1.165) is 16.4 Å².